The lowest BCUT2D eigenvalue weighted by Gasteiger charge is -2.11. The first-order chi connectivity index (χ1) is 16.8. The van der Waals surface area contributed by atoms with Gasteiger partial charge in [-0.15, -0.1) is 0 Å². The molecule has 186 valence electrons. The molecule has 0 amide bonds. The largest absolute Gasteiger partial charge is 0.218 e. The van der Waals surface area contributed by atoms with Crippen LogP contribution in [0.3, 0.4) is 0 Å². The normalized spacial score (nSPS) is 12.1. The molecule has 0 N–H and O–H groups in total. The van der Waals surface area contributed by atoms with Crippen LogP contribution in [-0.4, -0.2) is 16.8 Å². The Labute approximate surface area is 238 Å². The highest BCUT2D eigenvalue weighted by atomic mass is 35.5. The summed E-state index contributed by atoms with van der Waals surface area (Å²) >= 11 is 36.2. The Balaban J connectivity index is 1.66. The highest BCUT2D eigenvalue weighted by Gasteiger charge is 2.26. The van der Waals surface area contributed by atoms with Gasteiger partial charge >= 0.3 is 0 Å². The van der Waals surface area contributed by atoms with E-state index >= 15 is 0 Å². The molecular weight excluding hydrogens is 629 g/mol. The maximum absolute atomic E-state index is 13.1. The van der Waals surface area contributed by atoms with Crippen LogP contribution >= 0.6 is 69.6 Å². The average molecular weight is 641 g/mol. The lowest BCUT2D eigenvalue weighted by molar-refractivity contribution is 0.594. The molecule has 0 atom stereocenters. The highest BCUT2D eigenvalue weighted by molar-refractivity contribution is 7.92. The Bertz CT molecular complexity index is 1530. The number of benzene rings is 4. The van der Waals surface area contributed by atoms with Crippen LogP contribution in [-0.2, 0) is 19.7 Å². The first kappa shape index (κ1) is 27.6. The van der Waals surface area contributed by atoms with Crippen LogP contribution in [0.5, 0.6) is 0 Å². The van der Waals surface area contributed by atoms with Crippen molar-refractivity contribution in [3.05, 3.63) is 103 Å². The minimum Gasteiger partial charge on any atom is -0.218 e. The first-order valence-electron chi connectivity index (χ1n) is 9.82. The Kier molecular flexibility index (Phi) is 7.92. The predicted molar refractivity (Wildman–Crippen MR) is 146 cm³/mol. The Morgan fingerprint density at radius 3 is 0.917 bits per heavy atom. The molecule has 4 rings (SSSR count). The molecule has 0 saturated carbocycles. The molecule has 0 fully saturated rings. The first-order valence-corrected chi connectivity index (χ1v) is 15.1. The number of rotatable bonds is 5. The van der Waals surface area contributed by atoms with Gasteiger partial charge in [0.2, 0.25) is 19.7 Å². The van der Waals surface area contributed by atoms with Crippen molar-refractivity contribution in [2.45, 2.75) is 19.6 Å². The van der Waals surface area contributed by atoms with E-state index in [2.05, 4.69) is 0 Å². The molecule has 36 heavy (non-hydrogen) atoms. The maximum Gasteiger partial charge on any atom is 0.209 e. The molecule has 0 aromatic heterocycles. The fourth-order valence-electron chi connectivity index (χ4n) is 3.46. The summed E-state index contributed by atoms with van der Waals surface area (Å²) in [6.07, 6.45) is 0. The zero-order valence-corrected chi connectivity index (χ0v) is 23.8. The molecule has 0 spiro atoms. The third kappa shape index (κ3) is 5.24. The summed E-state index contributed by atoms with van der Waals surface area (Å²) in [6, 6.07) is 17.2. The fourth-order valence-corrected chi connectivity index (χ4v) is 9.04. The summed E-state index contributed by atoms with van der Waals surface area (Å²) in [5.41, 5.74) is 1.29. The molecule has 0 aliphatic carbocycles. The van der Waals surface area contributed by atoms with Crippen molar-refractivity contribution in [2.24, 2.45) is 0 Å². The lowest BCUT2D eigenvalue weighted by Crippen LogP contribution is -2.04. The Morgan fingerprint density at radius 2 is 0.667 bits per heavy atom. The quantitative estimate of drug-likeness (QED) is 0.218. The number of sulfone groups is 2. The summed E-state index contributed by atoms with van der Waals surface area (Å²) in [5.74, 6) is 0. The molecule has 0 aliphatic rings. The molecule has 0 heterocycles. The van der Waals surface area contributed by atoms with Crippen molar-refractivity contribution < 1.29 is 16.8 Å². The molecule has 4 aromatic rings. The minimum absolute atomic E-state index is 0.0245. The van der Waals surface area contributed by atoms with Gasteiger partial charge in [-0.2, -0.15) is 0 Å². The second-order valence-electron chi connectivity index (χ2n) is 7.45. The van der Waals surface area contributed by atoms with Gasteiger partial charge in [-0.05, 0) is 59.7 Å². The zero-order valence-electron chi connectivity index (χ0n) is 17.6. The molecule has 0 radical (unpaired) electrons. The van der Waals surface area contributed by atoms with Crippen LogP contribution in [0.4, 0.5) is 0 Å². The molecule has 0 bridgehead atoms. The van der Waals surface area contributed by atoms with Gasteiger partial charge in [-0.25, -0.2) is 16.8 Å². The van der Waals surface area contributed by atoms with E-state index in [1.165, 1.54) is 48.5 Å². The number of hydrogen-bond donors (Lipinski definition) is 0. The second kappa shape index (κ2) is 10.4. The molecule has 0 saturated heterocycles. The number of hydrogen-bond acceptors (Lipinski definition) is 4. The Morgan fingerprint density at radius 1 is 0.417 bits per heavy atom. The van der Waals surface area contributed by atoms with Crippen LogP contribution < -0.4 is 0 Å². The smallest absolute Gasteiger partial charge is 0.209 e. The third-order valence-electron chi connectivity index (χ3n) is 5.13. The van der Waals surface area contributed by atoms with Crippen molar-refractivity contribution in [3.63, 3.8) is 0 Å². The van der Waals surface area contributed by atoms with Gasteiger partial charge in [0.25, 0.3) is 0 Å². The fraction of sp³-hybridized carbons (Fsp3) is 0. The van der Waals surface area contributed by atoms with E-state index < -0.39 is 19.7 Å². The molecule has 4 aromatic carbocycles. The van der Waals surface area contributed by atoms with Crippen LogP contribution in [0, 0.1) is 0 Å². The van der Waals surface area contributed by atoms with Crippen LogP contribution in [0.15, 0.2) is 92.4 Å². The average Bonchev–Trinajstić information content (AvgIpc) is 2.77. The Hall–Kier alpha value is -1.48. The van der Waals surface area contributed by atoms with Gasteiger partial charge in [-0.3, -0.25) is 0 Å². The molecule has 4 nitrogen and oxygen atoms in total. The summed E-state index contributed by atoms with van der Waals surface area (Å²) in [6.45, 7) is 0. The zero-order chi connectivity index (χ0) is 26.4. The summed E-state index contributed by atoms with van der Waals surface area (Å²) in [5, 5.41) is 0.0720. The molecule has 0 aliphatic heterocycles. The molecule has 12 heteroatoms. The van der Waals surface area contributed by atoms with Crippen molar-refractivity contribution in [2.75, 3.05) is 0 Å². The monoisotopic (exact) mass is 638 g/mol. The second-order valence-corrected chi connectivity index (χ2v) is 13.7. The van der Waals surface area contributed by atoms with E-state index in [9.17, 15) is 16.8 Å². The molecular formula is C24H12Cl6O4S2. The van der Waals surface area contributed by atoms with Gasteiger partial charge in [0.1, 0.15) is 9.79 Å². The van der Waals surface area contributed by atoms with E-state index in [-0.39, 0.29) is 49.7 Å². The van der Waals surface area contributed by atoms with E-state index in [0.717, 1.165) is 0 Å². The van der Waals surface area contributed by atoms with Crippen molar-refractivity contribution >= 4 is 89.3 Å². The lowest BCUT2D eigenvalue weighted by atomic mass is 10.1. The highest BCUT2D eigenvalue weighted by Crippen LogP contribution is 2.38. The minimum atomic E-state index is -4.02. The summed E-state index contributed by atoms with van der Waals surface area (Å²) in [7, 11) is -8.04. The van der Waals surface area contributed by atoms with Gasteiger partial charge in [-0.1, -0.05) is 93.9 Å². The standard InChI is InChI=1S/C24H12Cl6O4S2/c25-15-9-19(27)23(20(28)10-15)35(31,32)17-5-1-13(2-6-17)14-3-7-18(8-4-14)36(33,34)24-21(29)11-16(26)12-22(24)30/h1-12H. The van der Waals surface area contributed by atoms with E-state index in [1.807, 2.05) is 0 Å². The van der Waals surface area contributed by atoms with Gasteiger partial charge in [0.05, 0.1) is 29.9 Å². The summed E-state index contributed by atoms with van der Waals surface area (Å²) in [4.78, 5) is -0.527. The SMILES string of the molecule is O=S(=O)(c1ccc(-c2ccc(S(=O)(=O)c3c(Cl)cc(Cl)cc3Cl)cc2)cc1)c1c(Cl)cc(Cl)cc1Cl. The number of halogens is 6. The van der Waals surface area contributed by atoms with Crippen molar-refractivity contribution in [1.82, 2.24) is 0 Å². The molecule has 0 unspecified atom stereocenters. The summed E-state index contributed by atoms with van der Waals surface area (Å²) < 4.78 is 52.4. The van der Waals surface area contributed by atoms with E-state index in [0.29, 0.717) is 11.1 Å². The van der Waals surface area contributed by atoms with E-state index in [4.69, 9.17) is 69.6 Å². The van der Waals surface area contributed by atoms with Gasteiger partial charge in [0, 0.05) is 10.0 Å². The van der Waals surface area contributed by atoms with Crippen molar-refractivity contribution in [1.29, 1.82) is 0 Å². The maximum atomic E-state index is 13.1. The topological polar surface area (TPSA) is 68.3 Å². The van der Waals surface area contributed by atoms with Gasteiger partial charge in [0.15, 0.2) is 0 Å². The van der Waals surface area contributed by atoms with Crippen LogP contribution in [0.1, 0.15) is 0 Å². The van der Waals surface area contributed by atoms with Gasteiger partial charge < -0.3 is 0 Å². The third-order valence-corrected chi connectivity index (χ3v) is 10.9. The van der Waals surface area contributed by atoms with Crippen molar-refractivity contribution in [3.8, 4) is 11.1 Å². The predicted octanol–water partition coefficient (Wildman–Crippen LogP) is 8.94. The van der Waals surface area contributed by atoms with E-state index in [1.54, 1.807) is 24.3 Å². The van der Waals surface area contributed by atoms with Crippen LogP contribution in [0.2, 0.25) is 30.1 Å². The van der Waals surface area contributed by atoms with Crippen LogP contribution in [0.25, 0.3) is 11.1 Å².